The van der Waals surface area contributed by atoms with Crippen LogP contribution in [-0.4, -0.2) is 39.5 Å². The van der Waals surface area contributed by atoms with Crippen LogP contribution in [0, 0.1) is 6.92 Å². The van der Waals surface area contributed by atoms with Gasteiger partial charge in [-0.2, -0.15) is 0 Å². The number of nitrogens with two attached hydrogens (primary N) is 1. The second kappa shape index (κ2) is 9.01. The molecule has 0 fully saturated rings. The second-order valence-electron chi connectivity index (χ2n) is 6.32. The van der Waals surface area contributed by atoms with Crippen molar-refractivity contribution in [3.8, 4) is 11.5 Å². The zero-order valence-corrected chi connectivity index (χ0v) is 16.7. The predicted molar refractivity (Wildman–Crippen MR) is 107 cm³/mol. The highest BCUT2D eigenvalue weighted by Crippen LogP contribution is 2.32. The summed E-state index contributed by atoms with van der Waals surface area (Å²) in [6, 6.07) is 9.00. The Labute approximate surface area is 164 Å². The number of carbonyl (C=O) groups excluding carboxylic acids is 1. The number of aromatic hydroxyl groups is 1. The van der Waals surface area contributed by atoms with Crippen LogP contribution in [0.1, 0.15) is 27.9 Å². The number of aryl methyl sites for hydroxylation is 1. The third-order valence-corrected chi connectivity index (χ3v) is 5.67. The number of benzene rings is 2. The lowest BCUT2D eigenvalue weighted by molar-refractivity contribution is 0.103. The smallest absolute Gasteiger partial charge is 0.244 e. The quantitative estimate of drug-likeness (QED) is 0.435. The number of carbonyl (C=O) groups is 1. The summed E-state index contributed by atoms with van der Waals surface area (Å²) in [7, 11) is -2.71. The first-order chi connectivity index (χ1) is 13.2. The summed E-state index contributed by atoms with van der Waals surface area (Å²) in [4.78, 5) is 12.5. The first kappa shape index (κ1) is 21.6. The van der Waals surface area contributed by atoms with Gasteiger partial charge in [-0.3, -0.25) is 4.79 Å². The molecule has 0 bridgehead atoms. The van der Waals surface area contributed by atoms with Crippen molar-refractivity contribution in [3.05, 3.63) is 65.2 Å². The van der Waals surface area contributed by atoms with E-state index >= 15 is 0 Å². The molecule has 7 nitrogen and oxygen atoms in total. The van der Waals surface area contributed by atoms with Gasteiger partial charge in [0.05, 0.1) is 12.7 Å². The number of rotatable bonds is 9. The minimum atomic E-state index is -3.99. The highest BCUT2D eigenvalue weighted by Gasteiger charge is 2.24. The third kappa shape index (κ3) is 4.98. The summed E-state index contributed by atoms with van der Waals surface area (Å²) >= 11 is 0. The van der Waals surface area contributed by atoms with Crippen molar-refractivity contribution in [2.45, 2.75) is 18.2 Å². The van der Waals surface area contributed by atoms with Crippen molar-refractivity contribution in [2.75, 3.05) is 20.2 Å². The molecule has 0 aromatic heterocycles. The van der Waals surface area contributed by atoms with Crippen LogP contribution >= 0.6 is 0 Å². The van der Waals surface area contributed by atoms with Gasteiger partial charge in [-0.25, -0.2) is 13.1 Å². The molecule has 0 amide bonds. The number of methoxy groups -OCH3 is 1. The first-order valence-corrected chi connectivity index (χ1v) is 10.1. The number of hydrogen-bond acceptors (Lipinski definition) is 6. The Bertz CT molecular complexity index is 982. The fraction of sp³-hybridized carbons (Fsp3) is 0.250. The average molecular weight is 404 g/mol. The summed E-state index contributed by atoms with van der Waals surface area (Å²) in [5.74, 6) is -0.922. The summed E-state index contributed by atoms with van der Waals surface area (Å²) < 4.78 is 32.9. The molecule has 28 heavy (non-hydrogen) atoms. The van der Waals surface area contributed by atoms with Crippen molar-refractivity contribution in [2.24, 2.45) is 5.73 Å². The van der Waals surface area contributed by atoms with Crippen LogP contribution in [0.5, 0.6) is 11.5 Å². The molecule has 0 saturated carbocycles. The molecule has 0 unspecified atom stereocenters. The molecule has 0 atom stereocenters. The molecule has 0 spiro atoms. The average Bonchev–Trinajstić information content (AvgIpc) is 2.67. The monoisotopic (exact) mass is 404 g/mol. The van der Waals surface area contributed by atoms with E-state index in [9.17, 15) is 18.3 Å². The molecule has 2 aromatic rings. The summed E-state index contributed by atoms with van der Waals surface area (Å²) in [5, 5.41) is 10.2. The standard InChI is InChI=1S/C20H24N2O5S/c1-13-4-6-15(7-5-13)20(24)16-10-19(18(27-3)11-17(16)23)28(25,26)22-9-8-14(2)12-21/h4-7,10-11,22-23H,2,8-9,12,21H2,1,3H3. The highest BCUT2D eigenvalue weighted by molar-refractivity contribution is 7.89. The van der Waals surface area contributed by atoms with Gasteiger partial charge in [-0.1, -0.05) is 42.0 Å². The van der Waals surface area contributed by atoms with Crippen molar-refractivity contribution in [1.82, 2.24) is 4.72 Å². The molecule has 0 heterocycles. The van der Waals surface area contributed by atoms with E-state index in [1.807, 2.05) is 6.92 Å². The summed E-state index contributed by atoms with van der Waals surface area (Å²) in [6.45, 7) is 5.97. The van der Waals surface area contributed by atoms with Gasteiger partial charge in [0.15, 0.2) is 5.78 Å². The van der Waals surface area contributed by atoms with Crippen LogP contribution in [0.15, 0.2) is 53.4 Å². The van der Waals surface area contributed by atoms with E-state index in [2.05, 4.69) is 11.3 Å². The van der Waals surface area contributed by atoms with E-state index in [1.54, 1.807) is 24.3 Å². The van der Waals surface area contributed by atoms with Gasteiger partial charge in [0.2, 0.25) is 10.0 Å². The molecule has 0 aliphatic rings. The van der Waals surface area contributed by atoms with Gasteiger partial charge in [-0.15, -0.1) is 0 Å². The van der Waals surface area contributed by atoms with Crippen LogP contribution in [0.3, 0.4) is 0 Å². The molecule has 8 heteroatoms. The maximum Gasteiger partial charge on any atom is 0.244 e. The number of ketones is 1. The normalized spacial score (nSPS) is 11.2. The third-order valence-electron chi connectivity index (χ3n) is 4.19. The first-order valence-electron chi connectivity index (χ1n) is 8.58. The minimum Gasteiger partial charge on any atom is -0.507 e. The summed E-state index contributed by atoms with van der Waals surface area (Å²) in [5.41, 5.74) is 7.34. The molecule has 4 N–H and O–H groups in total. The largest absolute Gasteiger partial charge is 0.507 e. The molecule has 2 aromatic carbocycles. The topological polar surface area (TPSA) is 119 Å². The Morgan fingerprint density at radius 3 is 2.46 bits per heavy atom. The van der Waals surface area contributed by atoms with E-state index in [-0.39, 0.29) is 35.0 Å². The number of nitrogens with one attached hydrogen (secondary N) is 1. The van der Waals surface area contributed by atoms with E-state index in [0.29, 0.717) is 17.6 Å². The molecular formula is C20H24N2O5S. The van der Waals surface area contributed by atoms with Crippen molar-refractivity contribution < 1.29 is 23.1 Å². The van der Waals surface area contributed by atoms with Crippen LogP contribution in [0.4, 0.5) is 0 Å². The number of phenols is 1. The maximum atomic E-state index is 12.8. The van der Waals surface area contributed by atoms with E-state index in [4.69, 9.17) is 10.5 Å². The van der Waals surface area contributed by atoms with Crippen molar-refractivity contribution in [3.63, 3.8) is 0 Å². The maximum absolute atomic E-state index is 12.8. The van der Waals surface area contributed by atoms with Crippen LogP contribution in [0.2, 0.25) is 0 Å². The van der Waals surface area contributed by atoms with E-state index in [1.165, 1.54) is 7.11 Å². The molecule has 2 rings (SSSR count). The van der Waals surface area contributed by atoms with Gasteiger partial charge in [-0.05, 0) is 19.4 Å². The molecule has 0 radical (unpaired) electrons. The zero-order valence-electron chi connectivity index (χ0n) is 15.9. The fourth-order valence-corrected chi connectivity index (χ4v) is 3.71. The minimum absolute atomic E-state index is 0.0666. The Morgan fingerprint density at radius 1 is 1.25 bits per heavy atom. The molecule has 150 valence electrons. The fourth-order valence-electron chi connectivity index (χ4n) is 2.50. The molecule has 0 aliphatic heterocycles. The van der Waals surface area contributed by atoms with Gasteiger partial charge >= 0.3 is 0 Å². The lowest BCUT2D eigenvalue weighted by Gasteiger charge is -2.14. The van der Waals surface area contributed by atoms with Crippen molar-refractivity contribution in [1.29, 1.82) is 0 Å². The van der Waals surface area contributed by atoms with Crippen LogP contribution in [0.25, 0.3) is 0 Å². The van der Waals surface area contributed by atoms with E-state index in [0.717, 1.165) is 17.7 Å². The number of hydrogen-bond donors (Lipinski definition) is 3. The van der Waals surface area contributed by atoms with Gasteiger partial charge in [0.25, 0.3) is 0 Å². The van der Waals surface area contributed by atoms with Gasteiger partial charge < -0.3 is 15.6 Å². The Morgan fingerprint density at radius 2 is 1.89 bits per heavy atom. The molecule has 0 saturated heterocycles. The van der Waals surface area contributed by atoms with Crippen LogP contribution in [-0.2, 0) is 10.0 Å². The Hall–Kier alpha value is -2.68. The Kier molecular flexibility index (Phi) is 6.95. The SMILES string of the molecule is C=C(CN)CCNS(=O)(=O)c1cc(C(=O)c2ccc(C)cc2)c(O)cc1OC. The second-order valence-corrected chi connectivity index (χ2v) is 8.05. The van der Waals surface area contributed by atoms with E-state index < -0.39 is 15.8 Å². The van der Waals surface area contributed by atoms with Crippen molar-refractivity contribution >= 4 is 15.8 Å². The molecule has 0 aliphatic carbocycles. The predicted octanol–water partition coefficient (Wildman–Crippen LogP) is 2.12. The Balaban J connectivity index is 2.41. The zero-order chi connectivity index (χ0) is 20.9. The lowest BCUT2D eigenvalue weighted by Crippen LogP contribution is -2.26. The summed E-state index contributed by atoms with van der Waals surface area (Å²) in [6.07, 6.45) is 0.380. The lowest BCUT2D eigenvalue weighted by atomic mass is 10.0. The number of phenolic OH excluding ortho intramolecular Hbond substituents is 1. The highest BCUT2D eigenvalue weighted by atomic mass is 32.2. The molecular weight excluding hydrogens is 380 g/mol. The number of sulfonamides is 1. The van der Waals surface area contributed by atoms with Gasteiger partial charge in [0, 0.05) is 24.7 Å². The van der Waals surface area contributed by atoms with Crippen LogP contribution < -0.4 is 15.2 Å². The number of ether oxygens (including phenoxy) is 1. The van der Waals surface area contributed by atoms with Gasteiger partial charge in [0.1, 0.15) is 16.4 Å².